The summed E-state index contributed by atoms with van der Waals surface area (Å²) in [7, 11) is -3.36. The second kappa shape index (κ2) is 4.33. The van der Waals surface area contributed by atoms with Crippen LogP contribution in [0.5, 0.6) is 5.75 Å². The van der Waals surface area contributed by atoms with Gasteiger partial charge in [-0.15, -0.1) is 0 Å². The van der Waals surface area contributed by atoms with Gasteiger partial charge in [-0.1, -0.05) is 17.7 Å². The second-order valence-corrected chi connectivity index (χ2v) is 5.99. The molecule has 1 aliphatic rings. The molecule has 0 aliphatic carbocycles. The summed E-state index contributed by atoms with van der Waals surface area (Å²) in [5.41, 5.74) is 1.13. The van der Waals surface area contributed by atoms with Gasteiger partial charge in [-0.05, 0) is 26.0 Å². The van der Waals surface area contributed by atoms with E-state index in [4.69, 9.17) is 4.74 Å². The van der Waals surface area contributed by atoms with Crippen LogP contribution in [0, 0.1) is 6.92 Å². The molecular formula is C12H13NO3S. The van der Waals surface area contributed by atoms with Crippen molar-refractivity contribution in [3.63, 3.8) is 0 Å². The maximum absolute atomic E-state index is 11.7. The summed E-state index contributed by atoms with van der Waals surface area (Å²) in [4.78, 5) is 4.11. The fourth-order valence-electron chi connectivity index (χ4n) is 1.38. The molecule has 1 aromatic rings. The normalized spacial score (nSPS) is 17.5. The summed E-state index contributed by atoms with van der Waals surface area (Å²) in [6.45, 7) is 3.47. The van der Waals surface area contributed by atoms with Gasteiger partial charge in [0.05, 0.1) is 4.91 Å². The Morgan fingerprint density at radius 3 is 2.35 bits per heavy atom. The first-order chi connectivity index (χ1) is 8.00. The van der Waals surface area contributed by atoms with Gasteiger partial charge in [0.25, 0.3) is 0 Å². The Labute approximate surface area is 101 Å². The van der Waals surface area contributed by atoms with Gasteiger partial charge in [-0.2, -0.15) is 0 Å². The molecule has 0 fully saturated rings. The van der Waals surface area contributed by atoms with Crippen molar-refractivity contribution >= 4 is 14.9 Å². The van der Waals surface area contributed by atoms with E-state index in [2.05, 4.69) is 4.99 Å². The molecular weight excluding hydrogens is 238 g/mol. The molecule has 0 radical (unpaired) electrons. The lowest BCUT2D eigenvalue weighted by Crippen LogP contribution is -2.19. The van der Waals surface area contributed by atoms with Crippen LogP contribution in [0.3, 0.4) is 0 Å². The zero-order valence-corrected chi connectivity index (χ0v) is 10.5. The van der Waals surface area contributed by atoms with Gasteiger partial charge in [-0.3, -0.25) is 0 Å². The Morgan fingerprint density at radius 2 is 1.82 bits per heavy atom. The Hall–Kier alpha value is -1.62. The van der Waals surface area contributed by atoms with Gasteiger partial charge in [0.1, 0.15) is 12.4 Å². The summed E-state index contributed by atoms with van der Waals surface area (Å²) in [6, 6.07) is 7.42. The smallest absolute Gasteiger partial charge is 0.220 e. The highest BCUT2D eigenvalue weighted by Crippen LogP contribution is 2.18. The van der Waals surface area contributed by atoms with Crippen LogP contribution >= 0.6 is 0 Å². The average molecular weight is 251 g/mol. The average Bonchev–Trinajstić information content (AvgIpc) is 2.54. The molecule has 0 amide bonds. The summed E-state index contributed by atoms with van der Waals surface area (Å²) in [5, 5.41) is 0.0653. The van der Waals surface area contributed by atoms with E-state index in [1.165, 1.54) is 13.1 Å². The summed E-state index contributed by atoms with van der Waals surface area (Å²) < 4.78 is 28.8. The van der Waals surface area contributed by atoms with E-state index in [-0.39, 0.29) is 16.6 Å². The zero-order valence-electron chi connectivity index (χ0n) is 9.67. The predicted molar refractivity (Wildman–Crippen MR) is 66.8 cm³/mol. The molecule has 0 atom stereocenters. The maximum Gasteiger partial charge on any atom is 0.220 e. The van der Waals surface area contributed by atoms with Crippen molar-refractivity contribution in [3.05, 3.63) is 40.9 Å². The fourth-order valence-corrected chi connectivity index (χ4v) is 2.35. The van der Waals surface area contributed by atoms with Gasteiger partial charge in [0, 0.05) is 6.20 Å². The molecule has 0 saturated carbocycles. The van der Waals surface area contributed by atoms with Crippen molar-refractivity contribution in [1.29, 1.82) is 0 Å². The van der Waals surface area contributed by atoms with Gasteiger partial charge < -0.3 is 4.74 Å². The zero-order chi connectivity index (χ0) is 12.5. The lowest BCUT2D eigenvalue weighted by atomic mass is 10.2. The molecule has 17 heavy (non-hydrogen) atoms. The van der Waals surface area contributed by atoms with Gasteiger partial charge in [-0.25, -0.2) is 13.4 Å². The molecule has 0 aromatic heterocycles. The van der Waals surface area contributed by atoms with Gasteiger partial charge >= 0.3 is 0 Å². The molecule has 0 N–H and O–H groups in total. The highest BCUT2D eigenvalue weighted by molar-refractivity contribution is 8.10. The van der Waals surface area contributed by atoms with E-state index in [0.717, 1.165) is 5.56 Å². The van der Waals surface area contributed by atoms with Gasteiger partial charge in [0.2, 0.25) is 9.84 Å². The third kappa shape index (κ3) is 2.39. The lowest BCUT2D eigenvalue weighted by Gasteiger charge is -2.06. The third-order valence-corrected chi connectivity index (χ3v) is 4.30. The van der Waals surface area contributed by atoms with Crippen LogP contribution in [0.25, 0.3) is 0 Å². The minimum atomic E-state index is -3.36. The van der Waals surface area contributed by atoms with E-state index in [1.54, 1.807) is 12.1 Å². The number of hydrogen-bond acceptors (Lipinski definition) is 4. The molecule has 0 saturated heterocycles. The first-order valence-electron chi connectivity index (χ1n) is 5.18. The highest BCUT2D eigenvalue weighted by Gasteiger charge is 2.26. The van der Waals surface area contributed by atoms with E-state index in [1.807, 2.05) is 19.1 Å². The molecule has 1 heterocycles. The van der Waals surface area contributed by atoms with Gasteiger partial charge in [0.15, 0.2) is 5.04 Å². The van der Waals surface area contributed by atoms with E-state index >= 15 is 0 Å². The Bertz CT molecular complexity index is 583. The molecule has 1 aromatic carbocycles. The molecule has 5 heteroatoms. The standard InChI is InChI=1S/C12H13NO3S/c1-9-3-5-11(6-4-9)16-8-12-13-7-10(2)17(12,14)15/h3-7H,8H2,1-2H3. The molecule has 90 valence electrons. The quantitative estimate of drug-likeness (QED) is 0.826. The van der Waals surface area contributed by atoms with Crippen LogP contribution in [0.15, 0.2) is 40.4 Å². The molecule has 0 spiro atoms. The maximum atomic E-state index is 11.7. The number of nitrogens with zero attached hydrogens (tertiary/aromatic N) is 1. The van der Waals surface area contributed by atoms with Crippen LogP contribution in [0.4, 0.5) is 0 Å². The number of rotatable bonds is 3. The topological polar surface area (TPSA) is 55.7 Å². The molecule has 4 nitrogen and oxygen atoms in total. The number of sulfone groups is 1. The number of ether oxygens (including phenoxy) is 1. The fraction of sp³-hybridized carbons (Fsp3) is 0.250. The lowest BCUT2D eigenvalue weighted by molar-refractivity contribution is 0.378. The number of aryl methyl sites for hydroxylation is 1. The van der Waals surface area contributed by atoms with Crippen molar-refractivity contribution in [3.8, 4) is 5.75 Å². The highest BCUT2D eigenvalue weighted by atomic mass is 32.2. The van der Waals surface area contributed by atoms with E-state index < -0.39 is 9.84 Å². The minimum absolute atomic E-state index is 0.0285. The van der Waals surface area contributed by atoms with Crippen molar-refractivity contribution in [2.24, 2.45) is 4.99 Å². The SMILES string of the molecule is CC1=CN=C(COc2ccc(C)cc2)S1(=O)=O. The monoisotopic (exact) mass is 251 g/mol. The van der Waals surface area contributed by atoms with Crippen LogP contribution in [-0.2, 0) is 9.84 Å². The Morgan fingerprint density at radius 1 is 1.18 bits per heavy atom. The van der Waals surface area contributed by atoms with Crippen LogP contribution < -0.4 is 4.74 Å². The van der Waals surface area contributed by atoms with Crippen molar-refractivity contribution < 1.29 is 13.2 Å². The van der Waals surface area contributed by atoms with Crippen molar-refractivity contribution in [2.45, 2.75) is 13.8 Å². The van der Waals surface area contributed by atoms with Crippen molar-refractivity contribution in [1.82, 2.24) is 0 Å². The van der Waals surface area contributed by atoms with E-state index in [0.29, 0.717) is 5.75 Å². The first kappa shape index (κ1) is 11.9. The number of benzene rings is 1. The Balaban J connectivity index is 2.04. The molecule has 1 aliphatic heterocycles. The van der Waals surface area contributed by atoms with Crippen LogP contribution in [-0.4, -0.2) is 20.1 Å². The van der Waals surface area contributed by atoms with E-state index in [9.17, 15) is 8.42 Å². The summed E-state index contributed by atoms with van der Waals surface area (Å²) >= 11 is 0. The molecule has 2 rings (SSSR count). The second-order valence-electron chi connectivity index (χ2n) is 3.87. The largest absolute Gasteiger partial charge is 0.487 e. The van der Waals surface area contributed by atoms with Crippen molar-refractivity contribution in [2.75, 3.05) is 6.61 Å². The summed E-state index contributed by atoms with van der Waals surface area (Å²) in [6.07, 6.45) is 1.35. The minimum Gasteiger partial charge on any atom is -0.487 e. The third-order valence-electron chi connectivity index (χ3n) is 2.51. The number of allylic oxidation sites excluding steroid dienone is 1. The molecule has 0 bridgehead atoms. The number of hydrogen-bond donors (Lipinski definition) is 0. The van der Waals surface area contributed by atoms with Crippen LogP contribution in [0.2, 0.25) is 0 Å². The molecule has 0 unspecified atom stereocenters. The Kier molecular flexibility index (Phi) is 3.02. The number of aliphatic imine (C=N–C) groups is 1. The summed E-state index contributed by atoms with van der Waals surface area (Å²) in [5.74, 6) is 0.637. The van der Waals surface area contributed by atoms with Crippen LogP contribution in [0.1, 0.15) is 12.5 Å². The first-order valence-corrected chi connectivity index (χ1v) is 6.66. The predicted octanol–water partition coefficient (Wildman–Crippen LogP) is 2.06.